The summed E-state index contributed by atoms with van der Waals surface area (Å²) in [5.41, 5.74) is 1.31. The molecule has 0 aliphatic heterocycles. The van der Waals surface area contributed by atoms with Crippen LogP contribution in [0.25, 0.3) is 0 Å². The summed E-state index contributed by atoms with van der Waals surface area (Å²) < 4.78 is 32.3. The highest BCUT2D eigenvalue weighted by Crippen LogP contribution is 2.21. The van der Waals surface area contributed by atoms with Crippen LogP contribution < -0.4 is 10.0 Å². The molecule has 0 unspecified atom stereocenters. The molecule has 2 N–H and O–H groups in total. The van der Waals surface area contributed by atoms with Gasteiger partial charge in [-0.25, -0.2) is 13.1 Å². The SMILES string of the molecule is Cc1cc(CNc2ccccc2S(=O)(=O)NC(C)C)on1. The van der Waals surface area contributed by atoms with Gasteiger partial charge in [0, 0.05) is 12.1 Å². The molecule has 0 amide bonds. The lowest BCUT2D eigenvalue weighted by Crippen LogP contribution is -2.30. The zero-order valence-corrected chi connectivity index (χ0v) is 13.1. The molecule has 0 radical (unpaired) electrons. The van der Waals surface area contributed by atoms with E-state index < -0.39 is 10.0 Å². The highest BCUT2D eigenvalue weighted by molar-refractivity contribution is 7.89. The molecule has 2 aromatic rings. The van der Waals surface area contributed by atoms with Crippen LogP contribution in [0.15, 0.2) is 39.8 Å². The van der Waals surface area contributed by atoms with E-state index in [0.29, 0.717) is 18.0 Å². The predicted octanol–water partition coefficient (Wildman–Crippen LogP) is 2.28. The summed E-state index contributed by atoms with van der Waals surface area (Å²) in [5, 5.41) is 6.86. The fourth-order valence-electron chi connectivity index (χ4n) is 1.90. The molecule has 0 aliphatic rings. The summed E-state index contributed by atoms with van der Waals surface area (Å²) in [6.45, 7) is 5.77. The first-order chi connectivity index (χ1) is 9.88. The molecule has 0 aliphatic carbocycles. The third-order valence-electron chi connectivity index (χ3n) is 2.70. The molecule has 0 fully saturated rings. The second-order valence-corrected chi connectivity index (χ2v) is 6.74. The number of anilines is 1. The molecule has 0 atom stereocenters. The van der Waals surface area contributed by atoms with Gasteiger partial charge in [0.05, 0.1) is 17.9 Å². The van der Waals surface area contributed by atoms with E-state index in [1.54, 1.807) is 44.2 Å². The minimum atomic E-state index is -3.55. The Bertz CT molecular complexity index is 708. The second kappa shape index (κ2) is 6.28. The number of nitrogens with one attached hydrogen (secondary N) is 2. The van der Waals surface area contributed by atoms with Crippen LogP contribution in [0.3, 0.4) is 0 Å². The van der Waals surface area contributed by atoms with Gasteiger partial charge in [0.1, 0.15) is 4.90 Å². The molecule has 0 bridgehead atoms. The van der Waals surface area contributed by atoms with Crippen LogP contribution in [0.2, 0.25) is 0 Å². The number of benzene rings is 1. The van der Waals surface area contributed by atoms with Crippen molar-refractivity contribution in [2.75, 3.05) is 5.32 Å². The van der Waals surface area contributed by atoms with Gasteiger partial charge >= 0.3 is 0 Å². The molecule has 0 saturated carbocycles. The molecule has 0 saturated heterocycles. The van der Waals surface area contributed by atoms with Crippen LogP contribution in [0.1, 0.15) is 25.3 Å². The van der Waals surface area contributed by atoms with Crippen LogP contribution in [0.5, 0.6) is 0 Å². The van der Waals surface area contributed by atoms with E-state index in [1.807, 2.05) is 6.92 Å². The van der Waals surface area contributed by atoms with Gasteiger partial charge in [-0.05, 0) is 32.9 Å². The van der Waals surface area contributed by atoms with Crippen molar-refractivity contribution in [1.82, 2.24) is 9.88 Å². The molecule has 1 aromatic carbocycles. The lowest BCUT2D eigenvalue weighted by atomic mass is 10.3. The number of hydrogen-bond acceptors (Lipinski definition) is 5. The number of nitrogens with zero attached hydrogens (tertiary/aromatic N) is 1. The molecule has 6 nitrogen and oxygen atoms in total. The monoisotopic (exact) mass is 309 g/mol. The Morgan fingerprint density at radius 2 is 2.00 bits per heavy atom. The van der Waals surface area contributed by atoms with Gasteiger partial charge in [-0.1, -0.05) is 17.3 Å². The van der Waals surface area contributed by atoms with E-state index in [2.05, 4.69) is 15.2 Å². The Morgan fingerprint density at radius 1 is 1.29 bits per heavy atom. The Labute approximate surface area is 124 Å². The zero-order valence-electron chi connectivity index (χ0n) is 12.3. The summed E-state index contributed by atoms with van der Waals surface area (Å²) >= 11 is 0. The largest absolute Gasteiger partial charge is 0.377 e. The maximum absolute atomic E-state index is 12.3. The molecule has 21 heavy (non-hydrogen) atoms. The minimum Gasteiger partial charge on any atom is -0.377 e. The van der Waals surface area contributed by atoms with Crippen molar-refractivity contribution in [2.24, 2.45) is 0 Å². The first-order valence-corrected chi connectivity index (χ1v) is 8.14. The van der Waals surface area contributed by atoms with E-state index in [-0.39, 0.29) is 10.9 Å². The quantitative estimate of drug-likeness (QED) is 0.855. The van der Waals surface area contributed by atoms with Gasteiger partial charge < -0.3 is 9.84 Å². The van der Waals surface area contributed by atoms with Crippen molar-refractivity contribution < 1.29 is 12.9 Å². The lowest BCUT2D eigenvalue weighted by Gasteiger charge is -2.14. The molecular formula is C14H19N3O3S. The summed E-state index contributed by atoms with van der Waals surface area (Å²) in [6.07, 6.45) is 0. The van der Waals surface area contributed by atoms with Gasteiger partial charge in [-0.15, -0.1) is 0 Å². The van der Waals surface area contributed by atoms with Crippen molar-refractivity contribution in [3.8, 4) is 0 Å². The standard InChI is InChI=1S/C14H19N3O3S/c1-10(2)17-21(18,19)14-7-5-4-6-13(14)15-9-12-8-11(3)16-20-12/h4-8,10,15,17H,9H2,1-3H3. The number of hydrogen-bond donors (Lipinski definition) is 2. The third kappa shape index (κ3) is 4.05. The summed E-state index contributed by atoms with van der Waals surface area (Å²) in [6, 6.07) is 8.40. The molecule has 114 valence electrons. The van der Waals surface area contributed by atoms with Crippen molar-refractivity contribution in [2.45, 2.75) is 38.3 Å². The second-order valence-electron chi connectivity index (χ2n) is 5.06. The Hall–Kier alpha value is -1.86. The van der Waals surface area contributed by atoms with E-state index >= 15 is 0 Å². The maximum Gasteiger partial charge on any atom is 0.242 e. The van der Waals surface area contributed by atoms with Crippen LogP contribution >= 0.6 is 0 Å². The lowest BCUT2D eigenvalue weighted by molar-refractivity contribution is 0.384. The Balaban J connectivity index is 2.21. The number of rotatable bonds is 6. The molecule has 1 heterocycles. The number of sulfonamides is 1. The van der Waals surface area contributed by atoms with Gasteiger partial charge in [0.25, 0.3) is 0 Å². The van der Waals surface area contributed by atoms with E-state index in [1.165, 1.54) is 0 Å². The topological polar surface area (TPSA) is 84.2 Å². The van der Waals surface area contributed by atoms with Crippen LogP contribution in [0.4, 0.5) is 5.69 Å². The van der Waals surface area contributed by atoms with E-state index in [9.17, 15) is 8.42 Å². The Morgan fingerprint density at radius 3 is 2.62 bits per heavy atom. The van der Waals surface area contributed by atoms with Crippen LogP contribution in [0, 0.1) is 6.92 Å². The average molecular weight is 309 g/mol. The number of aryl methyl sites for hydroxylation is 1. The van der Waals surface area contributed by atoms with Gasteiger partial charge in [0.15, 0.2) is 5.76 Å². The van der Waals surface area contributed by atoms with E-state index in [4.69, 9.17) is 4.52 Å². The molecule has 2 rings (SSSR count). The molecule has 7 heteroatoms. The average Bonchev–Trinajstić information content (AvgIpc) is 2.81. The summed E-state index contributed by atoms with van der Waals surface area (Å²) in [4.78, 5) is 0.218. The number of para-hydroxylation sites is 1. The molecular weight excluding hydrogens is 290 g/mol. The van der Waals surface area contributed by atoms with Crippen LogP contribution in [-0.2, 0) is 16.6 Å². The highest BCUT2D eigenvalue weighted by Gasteiger charge is 2.19. The van der Waals surface area contributed by atoms with Crippen LogP contribution in [-0.4, -0.2) is 19.6 Å². The fourth-order valence-corrected chi connectivity index (χ4v) is 3.34. The smallest absolute Gasteiger partial charge is 0.242 e. The number of aromatic nitrogens is 1. The zero-order chi connectivity index (χ0) is 15.5. The maximum atomic E-state index is 12.3. The van der Waals surface area contributed by atoms with E-state index in [0.717, 1.165) is 5.69 Å². The third-order valence-corrected chi connectivity index (χ3v) is 4.41. The normalized spacial score (nSPS) is 11.8. The molecule has 1 aromatic heterocycles. The first-order valence-electron chi connectivity index (χ1n) is 6.66. The first kappa shape index (κ1) is 15.5. The van der Waals surface area contributed by atoms with Crippen molar-refractivity contribution in [3.05, 3.63) is 41.8 Å². The summed E-state index contributed by atoms with van der Waals surface area (Å²) in [7, 11) is -3.55. The van der Waals surface area contributed by atoms with Gasteiger partial charge in [0.2, 0.25) is 10.0 Å². The van der Waals surface area contributed by atoms with Crippen molar-refractivity contribution >= 4 is 15.7 Å². The summed E-state index contributed by atoms with van der Waals surface area (Å²) in [5.74, 6) is 0.650. The Kier molecular flexibility index (Phi) is 4.64. The highest BCUT2D eigenvalue weighted by atomic mass is 32.2. The van der Waals surface area contributed by atoms with Gasteiger partial charge in [-0.2, -0.15) is 0 Å². The fraction of sp³-hybridized carbons (Fsp3) is 0.357. The minimum absolute atomic E-state index is 0.167. The van der Waals surface area contributed by atoms with Gasteiger partial charge in [-0.3, -0.25) is 0 Å². The van der Waals surface area contributed by atoms with Crippen molar-refractivity contribution in [1.29, 1.82) is 0 Å². The molecule has 0 spiro atoms. The van der Waals surface area contributed by atoms with Crippen molar-refractivity contribution in [3.63, 3.8) is 0 Å². The predicted molar refractivity (Wildman–Crippen MR) is 80.5 cm³/mol.